The number of aliphatic hydroxyl groups is 1. The number of aliphatic hydroxyl groups excluding tert-OH is 1. The number of carbonyl (C=O) groups is 4. The molecule has 17 nitrogen and oxygen atoms in total. The second-order valence-electron chi connectivity index (χ2n) is 26.7. The fourth-order valence-corrected chi connectivity index (χ4v) is 12.9. The van der Waals surface area contributed by atoms with Crippen LogP contribution in [0.2, 0.25) is 0 Å². The molecule has 0 heterocycles. The highest BCUT2D eigenvalue weighted by molar-refractivity contribution is 7.47. The SMILES string of the molecule is CCCCCC/C=C\CCCCCCCC(=O)OC[C@H](COP(=O)(O)OC[C@@H](O)COP(=O)(O)OC[C@@H](COC(=O)CCCCCCCCCCCCCCC)OC(=O)CCCCCCCCCCCCCCCCC)OC(=O)CCCCCCCCCCCCCCC. The summed E-state index contributed by atoms with van der Waals surface area (Å²) in [5.41, 5.74) is 0. The molecule has 0 aliphatic rings. The average Bonchev–Trinajstić information content (AvgIpc) is 2.42. The lowest BCUT2D eigenvalue weighted by Gasteiger charge is -2.21. The number of rotatable bonds is 75. The smallest absolute Gasteiger partial charge is 0.462 e. The minimum atomic E-state index is -4.96. The Kier molecular flexibility index (Phi) is 67.7. The van der Waals surface area contributed by atoms with Gasteiger partial charge in [-0.05, 0) is 51.4 Å². The Hall–Kier alpha value is -2.20. The Morgan fingerprint density at radius 3 is 0.745 bits per heavy atom. The number of phosphoric acid groups is 2. The third-order valence-corrected chi connectivity index (χ3v) is 19.2. The predicted octanol–water partition coefficient (Wildman–Crippen LogP) is 22.0. The summed E-state index contributed by atoms with van der Waals surface area (Å²) in [6, 6.07) is 0. The number of unbranched alkanes of at least 4 members (excludes halogenated alkanes) is 47. The molecule has 0 aliphatic carbocycles. The van der Waals surface area contributed by atoms with E-state index in [1.165, 1.54) is 199 Å². The van der Waals surface area contributed by atoms with Crippen LogP contribution in [0.5, 0.6) is 0 Å². The zero-order chi connectivity index (χ0) is 69.0. The maximum Gasteiger partial charge on any atom is 0.472 e. The van der Waals surface area contributed by atoms with E-state index in [-0.39, 0.29) is 25.7 Å². The lowest BCUT2D eigenvalue weighted by Crippen LogP contribution is -2.30. The van der Waals surface area contributed by atoms with Crippen molar-refractivity contribution in [2.24, 2.45) is 0 Å². The molecule has 5 atom stereocenters. The van der Waals surface area contributed by atoms with Crippen LogP contribution in [-0.2, 0) is 65.4 Å². The van der Waals surface area contributed by atoms with Gasteiger partial charge in [-0.25, -0.2) is 9.13 Å². The summed E-state index contributed by atoms with van der Waals surface area (Å²) < 4.78 is 68.5. The van der Waals surface area contributed by atoms with E-state index in [1.807, 2.05) is 0 Å². The molecule has 19 heteroatoms. The van der Waals surface area contributed by atoms with Crippen molar-refractivity contribution in [3.8, 4) is 0 Å². The molecule has 0 saturated heterocycles. The fourth-order valence-electron chi connectivity index (χ4n) is 11.3. The van der Waals surface area contributed by atoms with E-state index in [9.17, 15) is 43.2 Å². The van der Waals surface area contributed by atoms with Gasteiger partial charge in [0.1, 0.15) is 19.3 Å². The Balaban J connectivity index is 5.27. The summed E-state index contributed by atoms with van der Waals surface area (Å²) in [5.74, 6) is -2.13. The van der Waals surface area contributed by atoms with Crippen molar-refractivity contribution in [3.63, 3.8) is 0 Å². The van der Waals surface area contributed by atoms with Gasteiger partial charge in [-0.3, -0.25) is 37.3 Å². The number of hydrogen-bond donors (Lipinski definition) is 3. The summed E-state index contributed by atoms with van der Waals surface area (Å²) >= 11 is 0. The quantitative estimate of drug-likeness (QED) is 0.0169. The van der Waals surface area contributed by atoms with Gasteiger partial charge >= 0.3 is 39.5 Å². The van der Waals surface area contributed by atoms with Crippen LogP contribution >= 0.6 is 15.6 Å². The molecule has 2 unspecified atom stereocenters. The van der Waals surface area contributed by atoms with Crippen molar-refractivity contribution in [2.75, 3.05) is 39.6 Å². The standard InChI is InChI=1S/C75H144O17P2/c1-5-9-13-17-21-25-29-33-34-38-42-46-50-54-58-62-75(80)92-71(66-86-73(78)60-56-52-48-44-40-36-31-27-23-19-15-11-7-3)68-90-94(83,84)88-64-69(76)63-87-93(81,82)89-67-70(91-74(79)61-57-53-49-45-41-37-32-28-24-20-16-12-8-4)65-85-72(77)59-55-51-47-43-39-35-30-26-22-18-14-10-6-2/h26,30,69-71,76H,5-25,27-29,31-68H2,1-4H3,(H,81,82)(H,83,84)/b30-26-/t69-,70-,71-/m1/s1. The molecule has 3 N–H and O–H groups in total. The van der Waals surface area contributed by atoms with Crippen molar-refractivity contribution in [1.82, 2.24) is 0 Å². The monoisotopic (exact) mass is 1380 g/mol. The fraction of sp³-hybridized carbons (Fsp3) is 0.920. The van der Waals surface area contributed by atoms with Gasteiger partial charge in [0, 0.05) is 25.7 Å². The van der Waals surface area contributed by atoms with E-state index in [2.05, 4.69) is 39.8 Å². The Bertz CT molecular complexity index is 1840. The second-order valence-corrected chi connectivity index (χ2v) is 29.6. The highest BCUT2D eigenvalue weighted by Gasteiger charge is 2.30. The summed E-state index contributed by atoms with van der Waals surface area (Å²) in [7, 11) is -9.91. The first kappa shape index (κ1) is 91.8. The van der Waals surface area contributed by atoms with Gasteiger partial charge in [-0.2, -0.15) is 0 Å². The van der Waals surface area contributed by atoms with E-state index >= 15 is 0 Å². The summed E-state index contributed by atoms with van der Waals surface area (Å²) in [5, 5.41) is 10.6. The first-order valence-corrected chi connectivity index (χ1v) is 41.9. The van der Waals surface area contributed by atoms with Crippen LogP contribution in [0, 0.1) is 0 Å². The molecule has 0 radical (unpaired) electrons. The number of phosphoric ester groups is 2. The minimum absolute atomic E-state index is 0.104. The molecular weight excluding hydrogens is 1230 g/mol. The highest BCUT2D eigenvalue weighted by Crippen LogP contribution is 2.45. The number of ether oxygens (including phenoxy) is 4. The van der Waals surface area contributed by atoms with Gasteiger partial charge in [-0.1, -0.05) is 322 Å². The van der Waals surface area contributed by atoms with E-state index in [4.69, 9.17) is 37.0 Å². The molecule has 0 rings (SSSR count). The molecule has 94 heavy (non-hydrogen) atoms. The van der Waals surface area contributed by atoms with Gasteiger partial charge in [0.2, 0.25) is 0 Å². The minimum Gasteiger partial charge on any atom is -0.462 e. The zero-order valence-corrected chi connectivity index (χ0v) is 62.5. The predicted molar refractivity (Wildman–Crippen MR) is 382 cm³/mol. The summed E-state index contributed by atoms with van der Waals surface area (Å²) in [6.45, 7) is 4.96. The lowest BCUT2D eigenvalue weighted by atomic mass is 10.0. The molecule has 0 fully saturated rings. The van der Waals surface area contributed by atoms with E-state index in [0.717, 1.165) is 109 Å². The molecule has 556 valence electrons. The van der Waals surface area contributed by atoms with E-state index < -0.39 is 97.5 Å². The van der Waals surface area contributed by atoms with Crippen LogP contribution in [0.25, 0.3) is 0 Å². The number of carbonyl (C=O) groups excluding carboxylic acids is 4. The van der Waals surface area contributed by atoms with Crippen molar-refractivity contribution >= 4 is 39.5 Å². The summed E-state index contributed by atoms with van der Waals surface area (Å²) in [6.07, 6.45) is 60.5. The third-order valence-electron chi connectivity index (χ3n) is 17.3. The molecule has 0 aliphatic heterocycles. The Labute approximate surface area is 574 Å². The van der Waals surface area contributed by atoms with Crippen molar-refractivity contribution in [2.45, 2.75) is 406 Å². The Morgan fingerprint density at radius 2 is 0.489 bits per heavy atom. The second kappa shape index (κ2) is 69.3. The zero-order valence-electron chi connectivity index (χ0n) is 60.7. The topological polar surface area (TPSA) is 237 Å². The molecule has 0 aromatic rings. The largest absolute Gasteiger partial charge is 0.472 e. The van der Waals surface area contributed by atoms with E-state index in [0.29, 0.717) is 25.7 Å². The van der Waals surface area contributed by atoms with E-state index in [1.54, 1.807) is 0 Å². The van der Waals surface area contributed by atoms with Crippen molar-refractivity contribution < 1.29 is 80.2 Å². The van der Waals surface area contributed by atoms with Crippen LogP contribution in [0.1, 0.15) is 387 Å². The number of hydrogen-bond acceptors (Lipinski definition) is 15. The van der Waals surface area contributed by atoms with Crippen LogP contribution in [0.15, 0.2) is 12.2 Å². The molecule has 0 spiro atoms. The molecule has 0 aromatic carbocycles. The maximum atomic E-state index is 13.1. The highest BCUT2D eigenvalue weighted by atomic mass is 31.2. The van der Waals surface area contributed by atoms with Gasteiger partial charge in [0.05, 0.1) is 26.4 Å². The first-order valence-electron chi connectivity index (χ1n) is 38.9. The van der Waals surface area contributed by atoms with Crippen LogP contribution in [0.4, 0.5) is 0 Å². The number of allylic oxidation sites excluding steroid dienone is 2. The number of esters is 4. The van der Waals surface area contributed by atoms with Crippen molar-refractivity contribution in [1.29, 1.82) is 0 Å². The van der Waals surface area contributed by atoms with Crippen LogP contribution < -0.4 is 0 Å². The molecule has 0 saturated carbocycles. The molecule has 0 amide bonds. The molecule has 0 bridgehead atoms. The molecule has 0 aromatic heterocycles. The Morgan fingerprint density at radius 1 is 0.287 bits per heavy atom. The van der Waals surface area contributed by atoms with Crippen molar-refractivity contribution in [3.05, 3.63) is 12.2 Å². The van der Waals surface area contributed by atoms with Gasteiger partial charge in [0.15, 0.2) is 12.2 Å². The van der Waals surface area contributed by atoms with Crippen LogP contribution in [-0.4, -0.2) is 96.7 Å². The van der Waals surface area contributed by atoms with Gasteiger partial charge in [0.25, 0.3) is 0 Å². The summed E-state index contributed by atoms with van der Waals surface area (Å²) in [4.78, 5) is 72.8. The lowest BCUT2D eigenvalue weighted by molar-refractivity contribution is -0.161. The van der Waals surface area contributed by atoms with Gasteiger partial charge in [-0.15, -0.1) is 0 Å². The van der Waals surface area contributed by atoms with Crippen LogP contribution in [0.3, 0.4) is 0 Å². The first-order chi connectivity index (χ1) is 45.7. The molecular formula is C75H144O17P2. The average molecular weight is 1380 g/mol. The maximum absolute atomic E-state index is 13.1. The normalized spacial score (nSPS) is 14.0. The van der Waals surface area contributed by atoms with Gasteiger partial charge < -0.3 is 33.8 Å². The third kappa shape index (κ3) is 68.3.